The van der Waals surface area contributed by atoms with Crippen LogP contribution in [0.25, 0.3) is 0 Å². The fourth-order valence-electron chi connectivity index (χ4n) is 3.81. The molecular formula is C19H26FNO3. The molecule has 2 fully saturated rings. The largest absolute Gasteiger partial charge is 0.490 e. The highest BCUT2D eigenvalue weighted by Gasteiger charge is 2.44. The van der Waals surface area contributed by atoms with Gasteiger partial charge in [0.05, 0.1) is 6.61 Å². The van der Waals surface area contributed by atoms with E-state index in [2.05, 4.69) is 0 Å². The number of amides is 1. The van der Waals surface area contributed by atoms with Crippen LogP contribution in [0, 0.1) is 11.7 Å². The Balaban J connectivity index is 1.57. The summed E-state index contributed by atoms with van der Waals surface area (Å²) in [5, 5.41) is 0. The summed E-state index contributed by atoms with van der Waals surface area (Å²) in [5.74, 6) is 0.326. The molecule has 5 heteroatoms. The van der Waals surface area contributed by atoms with Gasteiger partial charge < -0.3 is 14.4 Å². The molecule has 1 amide bonds. The molecule has 3 rings (SSSR count). The average Bonchev–Trinajstić information content (AvgIpc) is 2.76. The number of hydrogen-bond acceptors (Lipinski definition) is 3. The summed E-state index contributed by atoms with van der Waals surface area (Å²) in [7, 11) is 0. The second-order valence-electron chi connectivity index (χ2n) is 7.85. The van der Waals surface area contributed by atoms with E-state index in [0.29, 0.717) is 18.3 Å². The maximum absolute atomic E-state index is 13.6. The molecule has 0 aromatic heterocycles. The predicted molar refractivity (Wildman–Crippen MR) is 89.5 cm³/mol. The van der Waals surface area contributed by atoms with Crippen LogP contribution in [0.4, 0.5) is 9.18 Å². The molecular weight excluding hydrogens is 309 g/mol. The topological polar surface area (TPSA) is 38.8 Å². The van der Waals surface area contributed by atoms with Crippen LogP contribution >= 0.6 is 0 Å². The van der Waals surface area contributed by atoms with E-state index in [-0.39, 0.29) is 24.0 Å². The van der Waals surface area contributed by atoms with E-state index in [0.717, 1.165) is 25.7 Å². The Hall–Kier alpha value is -1.78. The van der Waals surface area contributed by atoms with Crippen LogP contribution < -0.4 is 4.74 Å². The first kappa shape index (κ1) is 17.1. The van der Waals surface area contributed by atoms with Crippen LogP contribution in [0.1, 0.15) is 46.5 Å². The van der Waals surface area contributed by atoms with Crippen molar-refractivity contribution in [1.82, 2.24) is 4.90 Å². The van der Waals surface area contributed by atoms with Gasteiger partial charge in [-0.1, -0.05) is 12.1 Å². The van der Waals surface area contributed by atoms with E-state index in [1.807, 2.05) is 25.7 Å². The maximum Gasteiger partial charge on any atom is 0.410 e. The minimum atomic E-state index is -0.471. The summed E-state index contributed by atoms with van der Waals surface area (Å²) in [6, 6.07) is 6.92. The summed E-state index contributed by atoms with van der Waals surface area (Å²) in [4.78, 5) is 14.3. The quantitative estimate of drug-likeness (QED) is 0.823. The number of nitrogens with zero attached hydrogens (tertiary/aromatic N) is 1. The van der Waals surface area contributed by atoms with Gasteiger partial charge in [-0.2, -0.15) is 0 Å². The first-order valence-corrected chi connectivity index (χ1v) is 8.72. The van der Waals surface area contributed by atoms with Crippen LogP contribution in [0.2, 0.25) is 0 Å². The van der Waals surface area contributed by atoms with Gasteiger partial charge in [-0.25, -0.2) is 9.18 Å². The predicted octanol–water partition coefficient (Wildman–Crippen LogP) is 4.38. The van der Waals surface area contributed by atoms with Gasteiger partial charge in [-0.3, -0.25) is 0 Å². The molecule has 0 aliphatic carbocycles. The molecule has 4 nitrogen and oxygen atoms in total. The third kappa shape index (κ3) is 3.82. The van der Waals surface area contributed by atoms with Gasteiger partial charge in [0, 0.05) is 12.1 Å². The van der Waals surface area contributed by atoms with Gasteiger partial charge in [-0.05, 0) is 64.5 Å². The van der Waals surface area contributed by atoms with Gasteiger partial charge >= 0.3 is 6.09 Å². The van der Waals surface area contributed by atoms with Crippen molar-refractivity contribution in [2.45, 2.75) is 64.1 Å². The molecule has 0 spiro atoms. The molecule has 0 radical (unpaired) electrons. The van der Waals surface area contributed by atoms with Crippen LogP contribution in [0.5, 0.6) is 5.75 Å². The Bertz CT molecular complexity index is 585. The molecule has 1 aromatic rings. The lowest BCUT2D eigenvalue weighted by Crippen LogP contribution is -2.49. The van der Waals surface area contributed by atoms with E-state index in [9.17, 15) is 9.18 Å². The maximum atomic E-state index is 13.6. The second kappa shape index (κ2) is 6.61. The normalized spacial score (nSPS) is 26.3. The lowest BCUT2D eigenvalue weighted by atomic mass is 9.91. The lowest BCUT2D eigenvalue weighted by Gasteiger charge is -2.39. The number of ether oxygens (including phenoxy) is 2. The van der Waals surface area contributed by atoms with Gasteiger partial charge in [0.25, 0.3) is 0 Å². The van der Waals surface area contributed by atoms with Crippen molar-refractivity contribution in [3.05, 3.63) is 30.1 Å². The van der Waals surface area contributed by atoms with Crippen molar-refractivity contribution in [2.75, 3.05) is 6.61 Å². The highest BCUT2D eigenvalue weighted by molar-refractivity contribution is 5.69. The van der Waals surface area contributed by atoms with Crippen LogP contribution in [0.3, 0.4) is 0 Å². The summed E-state index contributed by atoms with van der Waals surface area (Å²) in [6.45, 7) is 6.17. The number of para-hydroxylation sites is 1. The van der Waals surface area contributed by atoms with Gasteiger partial charge in [-0.15, -0.1) is 0 Å². The Kier molecular flexibility index (Phi) is 4.70. The monoisotopic (exact) mass is 335 g/mol. The number of carbonyl (C=O) groups excluding carboxylic acids is 1. The van der Waals surface area contributed by atoms with Crippen molar-refractivity contribution in [1.29, 1.82) is 0 Å². The standard InChI is InChI=1S/C19H26FNO3/c1-19(2,3)24-18(22)21-14-8-9-15(21)11-13(10-14)12-23-17-7-5-4-6-16(17)20/h4-7,13-15H,8-12H2,1-3H3/t13-,14-,15+. The van der Waals surface area contributed by atoms with E-state index in [1.54, 1.807) is 18.2 Å². The van der Waals surface area contributed by atoms with Crippen molar-refractivity contribution in [2.24, 2.45) is 5.92 Å². The molecule has 132 valence electrons. The Morgan fingerprint density at radius 3 is 2.42 bits per heavy atom. The molecule has 24 heavy (non-hydrogen) atoms. The number of benzene rings is 1. The summed E-state index contributed by atoms with van der Waals surface area (Å²) in [5.41, 5.74) is -0.471. The number of fused-ring (bicyclic) bond motifs is 2. The number of halogens is 1. The van der Waals surface area contributed by atoms with Crippen molar-refractivity contribution < 1.29 is 18.7 Å². The molecule has 2 aliphatic heterocycles. The first-order valence-electron chi connectivity index (χ1n) is 8.72. The van der Waals surface area contributed by atoms with E-state index in [4.69, 9.17) is 9.47 Å². The lowest BCUT2D eigenvalue weighted by molar-refractivity contribution is -0.00104. The molecule has 2 bridgehead atoms. The molecule has 2 aliphatic rings. The summed E-state index contributed by atoms with van der Waals surface area (Å²) >= 11 is 0. The molecule has 2 saturated heterocycles. The molecule has 1 aromatic carbocycles. The van der Waals surface area contributed by atoms with E-state index in [1.165, 1.54) is 6.07 Å². The highest BCUT2D eigenvalue weighted by atomic mass is 19.1. The first-order chi connectivity index (χ1) is 11.3. The second-order valence-corrected chi connectivity index (χ2v) is 7.85. The third-order valence-electron chi connectivity index (χ3n) is 4.75. The Labute approximate surface area is 142 Å². The van der Waals surface area contributed by atoms with Gasteiger partial charge in [0.1, 0.15) is 5.60 Å². The van der Waals surface area contributed by atoms with Gasteiger partial charge in [0.2, 0.25) is 0 Å². The minimum Gasteiger partial charge on any atom is -0.490 e. The van der Waals surface area contributed by atoms with Crippen molar-refractivity contribution >= 4 is 6.09 Å². The number of piperidine rings is 1. The smallest absolute Gasteiger partial charge is 0.410 e. The average molecular weight is 335 g/mol. The molecule has 2 heterocycles. The van der Waals surface area contributed by atoms with Crippen LogP contribution in [0.15, 0.2) is 24.3 Å². The Morgan fingerprint density at radius 2 is 1.83 bits per heavy atom. The molecule has 0 unspecified atom stereocenters. The molecule has 3 atom stereocenters. The minimum absolute atomic E-state index is 0.205. The fraction of sp³-hybridized carbons (Fsp3) is 0.632. The van der Waals surface area contributed by atoms with Crippen LogP contribution in [-0.2, 0) is 4.74 Å². The third-order valence-corrected chi connectivity index (χ3v) is 4.75. The highest BCUT2D eigenvalue weighted by Crippen LogP contribution is 2.39. The number of hydrogen-bond donors (Lipinski definition) is 0. The zero-order chi connectivity index (χ0) is 17.3. The fourth-order valence-corrected chi connectivity index (χ4v) is 3.81. The van der Waals surface area contributed by atoms with E-state index >= 15 is 0 Å². The summed E-state index contributed by atoms with van der Waals surface area (Å²) in [6.07, 6.45) is 3.61. The number of carbonyl (C=O) groups is 1. The molecule has 0 N–H and O–H groups in total. The molecule has 0 saturated carbocycles. The van der Waals surface area contributed by atoms with E-state index < -0.39 is 5.60 Å². The SMILES string of the molecule is CC(C)(C)OC(=O)N1[C@@H]2CC[C@H]1C[C@H](COc1ccccc1F)C2. The zero-order valence-electron chi connectivity index (χ0n) is 14.6. The summed E-state index contributed by atoms with van der Waals surface area (Å²) < 4.78 is 24.9. The van der Waals surface area contributed by atoms with Crippen molar-refractivity contribution in [3.8, 4) is 5.75 Å². The van der Waals surface area contributed by atoms with Crippen LogP contribution in [-0.4, -0.2) is 35.3 Å². The number of rotatable bonds is 3. The Morgan fingerprint density at radius 1 is 1.21 bits per heavy atom. The zero-order valence-corrected chi connectivity index (χ0v) is 14.6. The van der Waals surface area contributed by atoms with Gasteiger partial charge in [0.15, 0.2) is 11.6 Å². The van der Waals surface area contributed by atoms with Crippen molar-refractivity contribution in [3.63, 3.8) is 0 Å².